The van der Waals surface area contributed by atoms with Crippen LogP contribution >= 0.6 is 15.9 Å². The molecule has 2 aromatic rings. The summed E-state index contributed by atoms with van der Waals surface area (Å²) < 4.78 is 27.7. The number of nitrogens with zero attached hydrogens (tertiary/aromatic N) is 1. The first-order chi connectivity index (χ1) is 8.19. The molecule has 2 rings (SSSR count). The summed E-state index contributed by atoms with van der Waals surface area (Å²) in [5, 5.41) is 0. The SMILES string of the molecule is CC(C)(C)NS(=O)(=O)c1cc(Br)c2nc[nH]c2c1. The molecule has 0 radical (unpaired) electrons. The van der Waals surface area contributed by atoms with Crippen LogP contribution in [0.15, 0.2) is 27.8 Å². The minimum atomic E-state index is -3.54. The summed E-state index contributed by atoms with van der Waals surface area (Å²) in [6.07, 6.45) is 1.53. The number of aromatic nitrogens is 2. The maximum Gasteiger partial charge on any atom is 0.241 e. The van der Waals surface area contributed by atoms with Gasteiger partial charge >= 0.3 is 0 Å². The number of halogens is 1. The molecule has 0 fully saturated rings. The van der Waals surface area contributed by atoms with E-state index in [1.165, 1.54) is 6.33 Å². The Morgan fingerprint density at radius 2 is 2.00 bits per heavy atom. The van der Waals surface area contributed by atoms with E-state index in [0.29, 0.717) is 15.5 Å². The Labute approximate surface area is 114 Å². The first-order valence-electron chi connectivity index (χ1n) is 5.36. The van der Waals surface area contributed by atoms with Crippen LogP contribution < -0.4 is 4.72 Å². The Morgan fingerprint density at radius 1 is 1.33 bits per heavy atom. The van der Waals surface area contributed by atoms with Crippen molar-refractivity contribution in [2.24, 2.45) is 0 Å². The molecule has 0 aliphatic rings. The van der Waals surface area contributed by atoms with Crippen LogP contribution in [-0.2, 0) is 10.0 Å². The average Bonchev–Trinajstić information content (AvgIpc) is 2.61. The van der Waals surface area contributed by atoms with Gasteiger partial charge in [0.25, 0.3) is 0 Å². The Hall–Kier alpha value is -0.920. The normalized spacial score (nSPS) is 13.1. The van der Waals surface area contributed by atoms with Gasteiger partial charge in [0, 0.05) is 10.0 Å². The van der Waals surface area contributed by atoms with E-state index in [4.69, 9.17) is 0 Å². The Bertz CT molecular complexity index is 686. The van der Waals surface area contributed by atoms with Crippen LogP contribution in [0.4, 0.5) is 0 Å². The van der Waals surface area contributed by atoms with Gasteiger partial charge in [-0.25, -0.2) is 18.1 Å². The van der Waals surface area contributed by atoms with Gasteiger partial charge in [0.15, 0.2) is 0 Å². The molecule has 0 amide bonds. The molecule has 0 saturated carbocycles. The van der Waals surface area contributed by atoms with Crippen LogP contribution in [0.5, 0.6) is 0 Å². The molecule has 0 atom stereocenters. The molecule has 0 aliphatic carbocycles. The fraction of sp³-hybridized carbons (Fsp3) is 0.364. The van der Waals surface area contributed by atoms with Gasteiger partial charge in [0.1, 0.15) is 5.52 Å². The lowest BCUT2D eigenvalue weighted by molar-refractivity contribution is 0.491. The zero-order chi connectivity index (χ0) is 13.6. The van der Waals surface area contributed by atoms with Crippen LogP contribution in [-0.4, -0.2) is 23.9 Å². The van der Waals surface area contributed by atoms with E-state index in [1.807, 2.05) is 0 Å². The third kappa shape index (κ3) is 2.73. The highest BCUT2D eigenvalue weighted by molar-refractivity contribution is 9.10. The number of hydrogen-bond acceptors (Lipinski definition) is 3. The first-order valence-corrected chi connectivity index (χ1v) is 7.63. The lowest BCUT2D eigenvalue weighted by Crippen LogP contribution is -2.40. The average molecular weight is 332 g/mol. The van der Waals surface area contributed by atoms with Crippen LogP contribution in [0.1, 0.15) is 20.8 Å². The second-order valence-corrected chi connectivity index (χ2v) is 7.60. The highest BCUT2D eigenvalue weighted by atomic mass is 79.9. The second kappa shape index (κ2) is 4.32. The fourth-order valence-corrected chi connectivity index (χ4v) is 3.78. The lowest BCUT2D eigenvalue weighted by atomic mass is 10.1. The summed E-state index contributed by atoms with van der Waals surface area (Å²) in [6.45, 7) is 5.40. The molecule has 18 heavy (non-hydrogen) atoms. The predicted molar refractivity (Wildman–Crippen MR) is 73.9 cm³/mol. The van der Waals surface area contributed by atoms with E-state index in [2.05, 4.69) is 30.6 Å². The van der Waals surface area contributed by atoms with Crippen LogP contribution in [0.2, 0.25) is 0 Å². The van der Waals surface area contributed by atoms with E-state index in [9.17, 15) is 8.42 Å². The monoisotopic (exact) mass is 331 g/mol. The van der Waals surface area contributed by atoms with Crippen molar-refractivity contribution < 1.29 is 8.42 Å². The highest BCUT2D eigenvalue weighted by Crippen LogP contribution is 2.25. The van der Waals surface area contributed by atoms with Gasteiger partial charge in [0.2, 0.25) is 10.0 Å². The molecule has 0 spiro atoms. The van der Waals surface area contributed by atoms with E-state index in [-0.39, 0.29) is 4.90 Å². The minimum Gasteiger partial charge on any atom is -0.345 e. The summed E-state index contributed by atoms with van der Waals surface area (Å²) in [5.74, 6) is 0. The van der Waals surface area contributed by atoms with Gasteiger partial charge in [-0.2, -0.15) is 0 Å². The number of imidazole rings is 1. The van der Waals surface area contributed by atoms with Gasteiger partial charge in [0.05, 0.1) is 16.7 Å². The van der Waals surface area contributed by atoms with E-state index in [0.717, 1.165) is 0 Å². The summed E-state index contributed by atoms with van der Waals surface area (Å²) >= 11 is 3.32. The summed E-state index contributed by atoms with van der Waals surface area (Å²) in [7, 11) is -3.54. The number of aromatic amines is 1. The van der Waals surface area contributed by atoms with Gasteiger partial charge in [-0.1, -0.05) is 0 Å². The predicted octanol–water partition coefficient (Wildman–Crippen LogP) is 2.40. The zero-order valence-electron chi connectivity index (χ0n) is 10.3. The third-order valence-electron chi connectivity index (χ3n) is 2.20. The summed E-state index contributed by atoms with van der Waals surface area (Å²) in [6, 6.07) is 3.12. The molecule has 98 valence electrons. The first kappa shape index (κ1) is 13.5. The largest absolute Gasteiger partial charge is 0.345 e. The molecule has 0 unspecified atom stereocenters. The van der Waals surface area contributed by atoms with Crippen molar-refractivity contribution in [1.29, 1.82) is 0 Å². The second-order valence-electron chi connectivity index (χ2n) is 5.06. The van der Waals surface area contributed by atoms with Gasteiger partial charge in [-0.05, 0) is 48.8 Å². The number of rotatable bonds is 2. The van der Waals surface area contributed by atoms with Crippen LogP contribution in [0.25, 0.3) is 11.0 Å². The Morgan fingerprint density at radius 3 is 2.61 bits per heavy atom. The van der Waals surface area contributed by atoms with E-state index >= 15 is 0 Å². The number of hydrogen-bond donors (Lipinski definition) is 2. The van der Waals surface area contributed by atoms with E-state index in [1.54, 1.807) is 32.9 Å². The van der Waals surface area contributed by atoms with Crippen molar-refractivity contribution in [3.8, 4) is 0 Å². The Balaban J connectivity index is 2.54. The van der Waals surface area contributed by atoms with Crippen molar-refractivity contribution in [1.82, 2.24) is 14.7 Å². The van der Waals surface area contributed by atoms with Crippen LogP contribution in [0, 0.1) is 0 Å². The van der Waals surface area contributed by atoms with Crippen molar-refractivity contribution >= 4 is 37.0 Å². The Kier molecular flexibility index (Phi) is 3.25. The molecule has 1 heterocycles. The topological polar surface area (TPSA) is 74.8 Å². The van der Waals surface area contributed by atoms with Gasteiger partial charge in [-0.15, -0.1) is 0 Å². The molecule has 0 bridgehead atoms. The lowest BCUT2D eigenvalue weighted by Gasteiger charge is -2.20. The zero-order valence-corrected chi connectivity index (χ0v) is 12.7. The molecule has 1 aromatic carbocycles. The van der Waals surface area contributed by atoms with Crippen LogP contribution in [0.3, 0.4) is 0 Å². The molecule has 5 nitrogen and oxygen atoms in total. The summed E-state index contributed by atoms with van der Waals surface area (Å²) in [4.78, 5) is 7.21. The molecule has 1 aromatic heterocycles. The standard InChI is InChI=1S/C11H14BrN3O2S/c1-11(2,3)15-18(16,17)7-4-8(12)10-9(5-7)13-6-14-10/h4-6,15H,1-3H3,(H,13,14). The number of nitrogens with one attached hydrogen (secondary N) is 2. The minimum absolute atomic E-state index is 0.209. The fourth-order valence-electron chi connectivity index (χ4n) is 1.60. The molecular formula is C11H14BrN3O2S. The smallest absolute Gasteiger partial charge is 0.241 e. The molecule has 2 N–H and O–H groups in total. The quantitative estimate of drug-likeness (QED) is 0.887. The third-order valence-corrected chi connectivity index (χ3v) is 4.54. The molecule has 0 aliphatic heterocycles. The van der Waals surface area contributed by atoms with Crippen molar-refractivity contribution in [2.45, 2.75) is 31.2 Å². The van der Waals surface area contributed by atoms with Gasteiger partial charge in [-0.3, -0.25) is 0 Å². The van der Waals surface area contributed by atoms with Crippen molar-refractivity contribution in [3.63, 3.8) is 0 Å². The number of benzene rings is 1. The van der Waals surface area contributed by atoms with E-state index < -0.39 is 15.6 Å². The molecule has 0 saturated heterocycles. The van der Waals surface area contributed by atoms with Crippen molar-refractivity contribution in [2.75, 3.05) is 0 Å². The van der Waals surface area contributed by atoms with Gasteiger partial charge < -0.3 is 4.98 Å². The number of fused-ring (bicyclic) bond motifs is 1. The maximum absolute atomic E-state index is 12.2. The summed E-state index contributed by atoms with van der Waals surface area (Å²) in [5.41, 5.74) is 0.872. The maximum atomic E-state index is 12.2. The highest BCUT2D eigenvalue weighted by Gasteiger charge is 2.23. The molecule has 7 heteroatoms. The van der Waals surface area contributed by atoms with Crippen molar-refractivity contribution in [3.05, 3.63) is 22.9 Å². The molecular weight excluding hydrogens is 318 g/mol. The number of sulfonamides is 1. The number of H-pyrrole nitrogens is 1.